The van der Waals surface area contributed by atoms with Crippen LogP contribution in [-0.2, 0) is 6.42 Å². The van der Waals surface area contributed by atoms with Crippen molar-refractivity contribution in [3.8, 4) is 5.75 Å². The summed E-state index contributed by atoms with van der Waals surface area (Å²) >= 11 is 0.228. The minimum absolute atomic E-state index is 0.00832. The van der Waals surface area contributed by atoms with Gasteiger partial charge in [0.25, 0.3) is 0 Å². The number of halogens is 17. The molecule has 1 nitrogen and oxygen atoms in total. The van der Waals surface area contributed by atoms with Crippen molar-refractivity contribution in [2.45, 2.75) is 65.4 Å². The first-order valence-corrected chi connectivity index (χ1v) is 10.8. The van der Waals surface area contributed by atoms with Crippen LogP contribution in [0.5, 0.6) is 5.75 Å². The normalized spacial score (nSPS) is 14.9. The van der Waals surface area contributed by atoms with E-state index in [-0.39, 0.29) is 34.4 Å². The molecule has 1 aromatic rings. The molecular formula is C20H15F17OS. The Bertz CT molecular complexity index is 1020. The van der Waals surface area contributed by atoms with E-state index in [1.165, 1.54) is 18.2 Å². The first kappa shape index (κ1) is 34.9. The van der Waals surface area contributed by atoms with E-state index in [0.717, 1.165) is 13.2 Å². The summed E-state index contributed by atoms with van der Waals surface area (Å²) in [6.45, 7) is 3.37. The van der Waals surface area contributed by atoms with E-state index in [2.05, 4.69) is 6.58 Å². The molecule has 0 atom stereocenters. The van der Waals surface area contributed by atoms with Gasteiger partial charge in [0.2, 0.25) is 0 Å². The van der Waals surface area contributed by atoms with Gasteiger partial charge in [0.05, 0.1) is 7.11 Å². The maximum atomic E-state index is 14.1. The van der Waals surface area contributed by atoms with E-state index in [0.29, 0.717) is 0 Å². The smallest absolute Gasteiger partial charge is 0.460 e. The third-order valence-corrected chi connectivity index (χ3v) is 6.20. The third-order valence-electron chi connectivity index (χ3n) is 5.10. The zero-order chi connectivity index (χ0) is 31.1. The zero-order valence-electron chi connectivity index (χ0n) is 18.9. The zero-order valence-corrected chi connectivity index (χ0v) is 19.7. The van der Waals surface area contributed by atoms with Gasteiger partial charge in [0.1, 0.15) is 5.75 Å². The van der Waals surface area contributed by atoms with Gasteiger partial charge in [-0.25, -0.2) is 0 Å². The number of hydrogen-bond acceptors (Lipinski definition) is 2. The predicted octanol–water partition coefficient (Wildman–Crippen LogP) is 8.92. The SMILES string of the molecule is C=CCc1ccc(OC)cc1SCCC(F)(F)C(F)(F)C(F)(F)C(F)(F)C(F)(F)C(F)(F)C(F)(F)C(F)(F)F. The molecule has 0 N–H and O–H groups in total. The highest BCUT2D eigenvalue weighted by molar-refractivity contribution is 7.99. The molecule has 0 amide bonds. The number of allylic oxidation sites excluding steroid dienone is 1. The molecule has 0 aliphatic rings. The fourth-order valence-corrected chi connectivity index (χ4v) is 3.88. The molecule has 0 spiro atoms. The van der Waals surface area contributed by atoms with Crippen LogP contribution in [0.3, 0.4) is 0 Å². The molecule has 0 saturated heterocycles. The van der Waals surface area contributed by atoms with Crippen LogP contribution in [0.4, 0.5) is 74.6 Å². The Hall–Kier alpha value is -2.08. The van der Waals surface area contributed by atoms with Crippen molar-refractivity contribution < 1.29 is 79.4 Å². The summed E-state index contributed by atoms with van der Waals surface area (Å²) < 4.78 is 231. The highest BCUT2D eigenvalue weighted by Gasteiger charge is 2.95. The quantitative estimate of drug-likeness (QED) is 0.123. The Morgan fingerprint density at radius 3 is 1.54 bits per heavy atom. The van der Waals surface area contributed by atoms with Gasteiger partial charge in [-0.3, -0.25) is 0 Å². The standard InChI is InChI=1S/C20H15F17OS/c1-3-4-10-5-6-11(38-2)9-12(10)39-8-7-13(21,22)14(23,24)15(25,26)16(27,28)17(29,30)18(31,32)19(33,34)20(35,36)37/h3,5-6,9H,1,4,7-8H2,2H3. The number of alkyl halides is 17. The molecule has 1 rings (SSSR count). The highest BCUT2D eigenvalue weighted by atomic mass is 32.2. The second kappa shape index (κ2) is 10.7. The van der Waals surface area contributed by atoms with Crippen LogP contribution in [0.2, 0.25) is 0 Å². The van der Waals surface area contributed by atoms with Crippen molar-refractivity contribution in [1.82, 2.24) is 0 Å². The second-order valence-corrected chi connectivity index (χ2v) is 8.85. The van der Waals surface area contributed by atoms with E-state index < -0.39 is 59.8 Å². The fraction of sp³-hybridized carbons (Fsp3) is 0.600. The van der Waals surface area contributed by atoms with Gasteiger partial charge in [-0.15, -0.1) is 18.3 Å². The van der Waals surface area contributed by atoms with Crippen LogP contribution >= 0.6 is 11.8 Å². The lowest BCUT2D eigenvalue weighted by Gasteiger charge is -2.42. The molecule has 0 aliphatic heterocycles. The molecule has 0 unspecified atom stereocenters. The summed E-state index contributed by atoms with van der Waals surface area (Å²) in [5, 5.41) is 0. The van der Waals surface area contributed by atoms with Crippen molar-refractivity contribution in [3.05, 3.63) is 36.4 Å². The van der Waals surface area contributed by atoms with Crippen LogP contribution in [0.15, 0.2) is 35.7 Å². The fourth-order valence-electron chi connectivity index (χ4n) is 2.76. The summed E-state index contributed by atoms with van der Waals surface area (Å²) in [7, 11) is 1.15. The van der Waals surface area contributed by atoms with Gasteiger partial charge in [0.15, 0.2) is 0 Å². The minimum Gasteiger partial charge on any atom is -0.497 e. The molecule has 39 heavy (non-hydrogen) atoms. The van der Waals surface area contributed by atoms with Gasteiger partial charge in [-0.1, -0.05) is 12.1 Å². The van der Waals surface area contributed by atoms with Gasteiger partial charge >= 0.3 is 47.6 Å². The number of rotatable bonds is 13. The number of ether oxygens (including phenoxy) is 1. The number of benzene rings is 1. The van der Waals surface area contributed by atoms with Crippen LogP contribution in [-0.4, -0.2) is 60.5 Å². The van der Waals surface area contributed by atoms with Gasteiger partial charge < -0.3 is 4.74 Å². The van der Waals surface area contributed by atoms with E-state index in [4.69, 9.17) is 4.74 Å². The molecular weight excluding hydrogens is 611 g/mol. The summed E-state index contributed by atoms with van der Waals surface area (Å²) in [5.41, 5.74) is 0.287. The second-order valence-electron chi connectivity index (χ2n) is 7.71. The first-order valence-electron chi connectivity index (χ1n) is 9.83. The maximum absolute atomic E-state index is 14.1. The van der Waals surface area contributed by atoms with Crippen molar-refractivity contribution in [2.24, 2.45) is 0 Å². The Balaban J connectivity index is 3.38. The molecule has 0 aromatic heterocycles. The lowest BCUT2D eigenvalue weighted by molar-refractivity contribution is -0.461. The number of methoxy groups -OCH3 is 1. The van der Waals surface area contributed by atoms with Crippen molar-refractivity contribution in [3.63, 3.8) is 0 Å². The number of hydrogen-bond donors (Lipinski definition) is 0. The van der Waals surface area contributed by atoms with Gasteiger partial charge in [-0.2, -0.15) is 74.6 Å². The van der Waals surface area contributed by atoms with Crippen LogP contribution in [0, 0.1) is 0 Å². The predicted molar refractivity (Wildman–Crippen MR) is 103 cm³/mol. The van der Waals surface area contributed by atoms with E-state index in [1.54, 1.807) is 0 Å². The Morgan fingerprint density at radius 1 is 0.692 bits per heavy atom. The third kappa shape index (κ3) is 5.60. The lowest BCUT2D eigenvalue weighted by atomic mass is 9.88. The molecule has 0 bridgehead atoms. The largest absolute Gasteiger partial charge is 0.497 e. The number of thioether (sulfide) groups is 1. The highest BCUT2D eigenvalue weighted by Crippen LogP contribution is 2.64. The van der Waals surface area contributed by atoms with Crippen molar-refractivity contribution in [2.75, 3.05) is 12.9 Å². The summed E-state index contributed by atoms with van der Waals surface area (Å²) in [5.74, 6) is -57.5. The molecule has 19 heteroatoms. The van der Waals surface area contributed by atoms with Crippen LogP contribution in [0.1, 0.15) is 12.0 Å². The van der Waals surface area contributed by atoms with E-state index >= 15 is 0 Å². The molecule has 226 valence electrons. The van der Waals surface area contributed by atoms with Gasteiger partial charge in [-0.05, 0) is 24.1 Å². The Labute approximate surface area is 212 Å². The molecule has 0 radical (unpaired) electrons. The maximum Gasteiger partial charge on any atom is 0.460 e. The first-order chi connectivity index (χ1) is 17.2. The minimum atomic E-state index is -8.63. The van der Waals surface area contributed by atoms with Crippen molar-refractivity contribution in [1.29, 1.82) is 0 Å². The van der Waals surface area contributed by atoms with Crippen LogP contribution < -0.4 is 4.74 Å². The van der Waals surface area contributed by atoms with Crippen molar-refractivity contribution >= 4 is 11.8 Å². The molecule has 0 aliphatic carbocycles. The summed E-state index contributed by atoms with van der Waals surface area (Å²) in [6.07, 6.45) is -8.97. The molecule has 0 saturated carbocycles. The van der Waals surface area contributed by atoms with E-state index in [1.807, 2.05) is 0 Å². The molecule has 0 fully saturated rings. The molecule has 1 aromatic carbocycles. The summed E-state index contributed by atoms with van der Waals surface area (Å²) in [6, 6.07) is 3.84. The average molecular weight is 626 g/mol. The Morgan fingerprint density at radius 2 is 1.13 bits per heavy atom. The summed E-state index contributed by atoms with van der Waals surface area (Å²) in [4.78, 5) is -0.00832. The average Bonchev–Trinajstić information content (AvgIpc) is 2.78. The Kier molecular flexibility index (Phi) is 9.61. The van der Waals surface area contributed by atoms with Gasteiger partial charge in [0, 0.05) is 17.1 Å². The molecule has 0 heterocycles. The van der Waals surface area contributed by atoms with Crippen LogP contribution in [0.25, 0.3) is 0 Å². The lowest BCUT2D eigenvalue weighted by Crippen LogP contribution is -2.74. The monoisotopic (exact) mass is 626 g/mol. The topological polar surface area (TPSA) is 9.23 Å². The van der Waals surface area contributed by atoms with E-state index in [9.17, 15) is 74.6 Å².